The van der Waals surface area contributed by atoms with E-state index in [4.69, 9.17) is 9.47 Å². The third-order valence-corrected chi connectivity index (χ3v) is 6.58. The smallest absolute Gasteiger partial charge is 0.389 e. The second-order valence-corrected chi connectivity index (χ2v) is 8.99. The van der Waals surface area contributed by atoms with Crippen molar-refractivity contribution in [2.24, 2.45) is 0 Å². The molecule has 1 atom stereocenters. The first-order valence-corrected chi connectivity index (χ1v) is 12.1. The standard InChI is InChI=1S/C27H28F3N3O5/c1-37-19-10-6-11-20(38-2)23(19)33-21(12-7-14-27(28,29)30)31-24(34)22(26(33)36)25(35)32-15-13-18(16-32)17-8-4-3-5-9-17/h3-6,8-11,18,34H,7,12-16H2,1-2H3/t18-/m0/s1. The first-order valence-electron chi connectivity index (χ1n) is 12.1. The number of alkyl halides is 3. The lowest BCUT2D eigenvalue weighted by molar-refractivity contribution is -0.135. The number of carbonyl (C=O) groups is 1. The number of likely N-dealkylation sites (tertiary alicyclic amines) is 1. The molecule has 0 radical (unpaired) electrons. The molecule has 1 aliphatic rings. The summed E-state index contributed by atoms with van der Waals surface area (Å²) >= 11 is 0. The minimum Gasteiger partial charge on any atom is -0.494 e. The largest absolute Gasteiger partial charge is 0.494 e. The fourth-order valence-electron chi connectivity index (χ4n) is 4.74. The Balaban J connectivity index is 1.78. The van der Waals surface area contributed by atoms with Gasteiger partial charge in [0, 0.05) is 31.8 Å². The van der Waals surface area contributed by atoms with Gasteiger partial charge in [-0.05, 0) is 30.5 Å². The van der Waals surface area contributed by atoms with Crippen LogP contribution in [0.15, 0.2) is 53.3 Å². The van der Waals surface area contributed by atoms with Crippen molar-refractivity contribution < 1.29 is 32.5 Å². The molecule has 0 unspecified atom stereocenters. The van der Waals surface area contributed by atoms with E-state index in [1.54, 1.807) is 18.2 Å². The van der Waals surface area contributed by atoms with Crippen LogP contribution in [0.5, 0.6) is 17.4 Å². The minimum atomic E-state index is -4.41. The van der Waals surface area contributed by atoms with Crippen molar-refractivity contribution in [1.29, 1.82) is 0 Å². The zero-order valence-corrected chi connectivity index (χ0v) is 21.0. The number of benzene rings is 2. The molecule has 1 fully saturated rings. The molecule has 1 N–H and O–H groups in total. The molecule has 1 aromatic heterocycles. The average molecular weight is 532 g/mol. The number of halogens is 3. The van der Waals surface area contributed by atoms with Crippen molar-refractivity contribution in [2.75, 3.05) is 27.3 Å². The fourth-order valence-corrected chi connectivity index (χ4v) is 4.74. The fraction of sp³-hybridized carbons (Fsp3) is 0.370. The van der Waals surface area contributed by atoms with Gasteiger partial charge in [-0.25, -0.2) is 0 Å². The number of aromatic hydroxyl groups is 1. The number of aromatic nitrogens is 2. The summed E-state index contributed by atoms with van der Waals surface area (Å²) in [6.45, 7) is 0.704. The van der Waals surface area contributed by atoms with Gasteiger partial charge in [0.1, 0.15) is 23.0 Å². The summed E-state index contributed by atoms with van der Waals surface area (Å²) in [7, 11) is 2.72. The van der Waals surface area contributed by atoms with Crippen LogP contribution in [0, 0.1) is 0 Å². The van der Waals surface area contributed by atoms with Gasteiger partial charge in [-0.1, -0.05) is 36.4 Å². The molecule has 2 aromatic carbocycles. The molecule has 1 aliphatic heterocycles. The van der Waals surface area contributed by atoms with Gasteiger partial charge >= 0.3 is 6.18 Å². The van der Waals surface area contributed by atoms with E-state index in [2.05, 4.69) is 4.98 Å². The van der Waals surface area contributed by atoms with Crippen molar-refractivity contribution in [3.8, 4) is 23.1 Å². The van der Waals surface area contributed by atoms with Crippen molar-refractivity contribution in [1.82, 2.24) is 14.5 Å². The maximum atomic E-state index is 13.8. The normalized spacial score (nSPS) is 15.5. The van der Waals surface area contributed by atoms with Crippen LogP contribution in [0.3, 0.4) is 0 Å². The van der Waals surface area contributed by atoms with Gasteiger partial charge in [-0.15, -0.1) is 0 Å². The lowest BCUT2D eigenvalue weighted by atomic mass is 9.99. The molecule has 8 nitrogen and oxygen atoms in total. The van der Waals surface area contributed by atoms with Crippen molar-refractivity contribution in [3.63, 3.8) is 0 Å². The van der Waals surface area contributed by atoms with E-state index in [-0.39, 0.29) is 41.8 Å². The average Bonchev–Trinajstić information content (AvgIpc) is 3.39. The van der Waals surface area contributed by atoms with Crippen LogP contribution in [0.1, 0.15) is 46.9 Å². The first kappa shape index (κ1) is 27.0. The topological polar surface area (TPSA) is 93.9 Å². The Morgan fingerprint density at radius 2 is 1.74 bits per heavy atom. The predicted molar refractivity (Wildman–Crippen MR) is 133 cm³/mol. The van der Waals surface area contributed by atoms with Crippen LogP contribution < -0.4 is 15.0 Å². The number of methoxy groups -OCH3 is 2. The molecular formula is C27H28F3N3O5. The second-order valence-electron chi connectivity index (χ2n) is 8.99. The third-order valence-electron chi connectivity index (χ3n) is 6.58. The SMILES string of the molecule is COc1cccc(OC)c1-n1c(CCCC(F)(F)F)nc(O)c(C(=O)N2CC[C@H](c3ccccc3)C2)c1=O. The summed E-state index contributed by atoms with van der Waals surface area (Å²) in [5, 5.41) is 10.7. The Morgan fingerprint density at radius 1 is 1.08 bits per heavy atom. The molecule has 0 aliphatic carbocycles. The number of aryl methyl sites for hydroxylation is 1. The van der Waals surface area contributed by atoms with Crippen LogP contribution in [0.4, 0.5) is 13.2 Å². The molecule has 2 heterocycles. The van der Waals surface area contributed by atoms with Gasteiger partial charge in [-0.3, -0.25) is 14.2 Å². The number of amides is 1. The molecule has 0 saturated carbocycles. The summed E-state index contributed by atoms with van der Waals surface area (Å²) in [5.41, 5.74) is -0.349. The van der Waals surface area contributed by atoms with Gasteiger partial charge < -0.3 is 19.5 Å². The van der Waals surface area contributed by atoms with Crippen LogP contribution in [-0.4, -0.2) is 59.0 Å². The van der Waals surface area contributed by atoms with Crippen LogP contribution in [0.25, 0.3) is 5.69 Å². The van der Waals surface area contributed by atoms with E-state index in [1.165, 1.54) is 19.1 Å². The maximum absolute atomic E-state index is 13.8. The van der Waals surface area contributed by atoms with Crippen molar-refractivity contribution >= 4 is 5.91 Å². The minimum absolute atomic E-state index is 0.0634. The molecule has 38 heavy (non-hydrogen) atoms. The molecule has 0 bridgehead atoms. The summed E-state index contributed by atoms with van der Waals surface area (Å²) in [5.74, 6) is -1.26. The Morgan fingerprint density at radius 3 is 2.34 bits per heavy atom. The summed E-state index contributed by atoms with van der Waals surface area (Å²) in [4.78, 5) is 32.9. The van der Waals surface area contributed by atoms with E-state index in [9.17, 15) is 27.9 Å². The van der Waals surface area contributed by atoms with E-state index in [1.807, 2.05) is 30.3 Å². The Kier molecular flexibility index (Phi) is 7.94. The Bertz CT molecular complexity index is 1340. The predicted octanol–water partition coefficient (Wildman–Crippen LogP) is 4.47. The molecule has 3 aromatic rings. The first-order chi connectivity index (χ1) is 18.1. The number of rotatable bonds is 8. The van der Waals surface area contributed by atoms with Crippen molar-refractivity contribution in [2.45, 2.75) is 37.8 Å². The molecule has 4 rings (SSSR count). The highest BCUT2D eigenvalue weighted by Crippen LogP contribution is 2.34. The number of hydrogen-bond acceptors (Lipinski definition) is 6. The maximum Gasteiger partial charge on any atom is 0.389 e. The zero-order chi connectivity index (χ0) is 27.4. The molecule has 11 heteroatoms. The molecule has 1 saturated heterocycles. The monoisotopic (exact) mass is 531 g/mol. The molecule has 1 amide bonds. The van der Waals surface area contributed by atoms with E-state index >= 15 is 0 Å². The molecular weight excluding hydrogens is 503 g/mol. The van der Waals surface area contributed by atoms with Crippen LogP contribution in [0.2, 0.25) is 0 Å². The highest BCUT2D eigenvalue weighted by Gasteiger charge is 2.34. The zero-order valence-electron chi connectivity index (χ0n) is 21.0. The van der Waals surface area contributed by atoms with E-state index in [0.717, 1.165) is 10.1 Å². The lowest BCUT2D eigenvalue weighted by Crippen LogP contribution is -2.37. The highest BCUT2D eigenvalue weighted by molar-refractivity contribution is 5.96. The van der Waals surface area contributed by atoms with E-state index < -0.39 is 35.5 Å². The van der Waals surface area contributed by atoms with Crippen LogP contribution in [-0.2, 0) is 6.42 Å². The lowest BCUT2D eigenvalue weighted by Gasteiger charge is -2.21. The number of hydrogen-bond donors (Lipinski definition) is 1. The second kappa shape index (κ2) is 11.2. The Hall–Kier alpha value is -4.02. The number of carbonyl (C=O) groups excluding carboxylic acids is 1. The third kappa shape index (κ3) is 5.61. The number of nitrogens with zero attached hydrogens (tertiary/aromatic N) is 3. The van der Waals surface area contributed by atoms with Gasteiger partial charge in [0.25, 0.3) is 11.5 Å². The van der Waals surface area contributed by atoms with E-state index in [0.29, 0.717) is 19.5 Å². The molecule has 0 spiro atoms. The van der Waals surface area contributed by atoms with Gasteiger partial charge in [-0.2, -0.15) is 18.2 Å². The van der Waals surface area contributed by atoms with Gasteiger partial charge in [0.2, 0.25) is 5.88 Å². The summed E-state index contributed by atoms with van der Waals surface area (Å²) in [6.07, 6.45) is -5.52. The van der Waals surface area contributed by atoms with Gasteiger partial charge in [0.15, 0.2) is 5.56 Å². The van der Waals surface area contributed by atoms with Crippen molar-refractivity contribution in [3.05, 3.63) is 75.8 Å². The summed E-state index contributed by atoms with van der Waals surface area (Å²) in [6, 6.07) is 14.4. The number of para-hydroxylation sites is 1. The number of ether oxygens (including phenoxy) is 2. The van der Waals surface area contributed by atoms with Crippen LogP contribution >= 0.6 is 0 Å². The summed E-state index contributed by atoms with van der Waals surface area (Å²) < 4.78 is 50.3. The Labute approximate surface area is 217 Å². The molecule has 202 valence electrons. The van der Waals surface area contributed by atoms with Gasteiger partial charge in [0.05, 0.1) is 14.2 Å². The highest BCUT2D eigenvalue weighted by atomic mass is 19.4. The quantitative estimate of drug-likeness (QED) is 0.461.